The van der Waals surface area contributed by atoms with Crippen molar-refractivity contribution in [2.24, 2.45) is 0 Å². The molecule has 2 aliphatic rings. The molecular weight excluding hydrogens is 380 g/mol. The molecule has 0 saturated carbocycles. The molecule has 1 N–H and O–H groups in total. The van der Waals surface area contributed by atoms with Crippen LogP contribution in [0.1, 0.15) is 66.2 Å². The zero-order chi connectivity index (χ0) is 21.1. The van der Waals surface area contributed by atoms with Crippen LogP contribution in [-0.4, -0.2) is 52.9 Å². The van der Waals surface area contributed by atoms with Crippen molar-refractivity contribution < 1.29 is 14.0 Å². The van der Waals surface area contributed by atoms with Gasteiger partial charge in [0.25, 0.3) is 5.91 Å². The van der Waals surface area contributed by atoms with Gasteiger partial charge < -0.3 is 19.5 Å². The molecule has 7 heteroatoms. The molecule has 3 heterocycles. The summed E-state index contributed by atoms with van der Waals surface area (Å²) in [5.74, 6) is 1.34. The largest absolute Gasteiger partial charge is 0.445 e. The van der Waals surface area contributed by atoms with Gasteiger partial charge in [-0.15, -0.1) is 0 Å². The number of aryl methyl sites for hydroxylation is 2. The van der Waals surface area contributed by atoms with Gasteiger partial charge in [0.15, 0.2) is 11.6 Å². The Morgan fingerprint density at radius 1 is 1.10 bits per heavy atom. The highest BCUT2D eigenvalue weighted by Crippen LogP contribution is 2.30. The summed E-state index contributed by atoms with van der Waals surface area (Å²) in [7, 11) is 0. The second-order valence-corrected chi connectivity index (χ2v) is 8.16. The van der Waals surface area contributed by atoms with E-state index in [0.29, 0.717) is 30.4 Å². The highest BCUT2D eigenvalue weighted by Gasteiger charge is 2.30. The topological polar surface area (TPSA) is 78.7 Å². The molecular formula is C23H30N4O3. The summed E-state index contributed by atoms with van der Waals surface area (Å²) in [5, 5.41) is 3.04. The van der Waals surface area contributed by atoms with Crippen LogP contribution in [0.25, 0.3) is 0 Å². The quantitative estimate of drug-likeness (QED) is 0.820. The Morgan fingerprint density at radius 2 is 1.80 bits per heavy atom. The van der Waals surface area contributed by atoms with Gasteiger partial charge in [0.05, 0.1) is 0 Å². The van der Waals surface area contributed by atoms with E-state index < -0.39 is 0 Å². The van der Waals surface area contributed by atoms with E-state index in [0.717, 1.165) is 56.4 Å². The fourth-order valence-electron chi connectivity index (χ4n) is 4.33. The van der Waals surface area contributed by atoms with Crippen molar-refractivity contribution >= 4 is 17.6 Å². The molecule has 2 saturated heterocycles. The van der Waals surface area contributed by atoms with E-state index in [2.05, 4.69) is 17.2 Å². The first-order valence-electron chi connectivity index (χ1n) is 11.0. The summed E-state index contributed by atoms with van der Waals surface area (Å²) >= 11 is 0. The van der Waals surface area contributed by atoms with E-state index in [1.807, 2.05) is 41.0 Å². The Labute approximate surface area is 177 Å². The number of piperidine rings is 1. The minimum atomic E-state index is -0.0668. The lowest BCUT2D eigenvalue weighted by Gasteiger charge is -2.30. The van der Waals surface area contributed by atoms with E-state index in [4.69, 9.17) is 4.42 Å². The summed E-state index contributed by atoms with van der Waals surface area (Å²) < 4.78 is 5.88. The minimum Gasteiger partial charge on any atom is -0.445 e. The Balaban J connectivity index is 1.36. The van der Waals surface area contributed by atoms with Gasteiger partial charge >= 0.3 is 6.03 Å². The summed E-state index contributed by atoms with van der Waals surface area (Å²) in [6, 6.07) is 7.84. The third-order valence-corrected chi connectivity index (χ3v) is 6.18. The van der Waals surface area contributed by atoms with Crippen LogP contribution in [0.4, 0.5) is 10.5 Å². The zero-order valence-electron chi connectivity index (χ0n) is 17.8. The fourth-order valence-corrected chi connectivity index (χ4v) is 4.33. The number of amides is 3. The van der Waals surface area contributed by atoms with Crippen molar-refractivity contribution in [1.82, 2.24) is 14.8 Å². The zero-order valence-corrected chi connectivity index (χ0v) is 17.8. The van der Waals surface area contributed by atoms with Crippen molar-refractivity contribution in [2.45, 2.75) is 51.9 Å². The predicted molar refractivity (Wildman–Crippen MR) is 115 cm³/mol. The van der Waals surface area contributed by atoms with Crippen molar-refractivity contribution in [3.05, 3.63) is 47.2 Å². The van der Waals surface area contributed by atoms with Gasteiger partial charge in [-0.05, 0) is 50.7 Å². The number of likely N-dealkylation sites (tertiary alicyclic amines) is 2. The monoisotopic (exact) mass is 410 g/mol. The standard InChI is InChI=1S/C23H30N4O3/c1-3-17-8-4-5-9-19(17)24-23(29)27-14-10-18(11-15-27)21-25-20(16(2)30-21)22(28)26-12-6-7-13-26/h4-5,8-9,18H,3,6-7,10-15H2,1-2H3,(H,24,29). The SMILES string of the molecule is CCc1ccccc1NC(=O)N1CCC(c2nc(C(=O)N3CCCC3)c(C)o2)CC1. The normalized spacial score (nSPS) is 17.4. The molecule has 0 atom stereocenters. The third-order valence-electron chi connectivity index (χ3n) is 6.18. The molecule has 160 valence electrons. The average Bonchev–Trinajstić information content (AvgIpc) is 3.44. The van der Waals surface area contributed by atoms with Crippen LogP contribution in [0.15, 0.2) is 28.7 Å². The Bertz CT molecular complexity index is 909. The first-order valence-corrected chi connectivity index (χ1v) is 11.0. The van der Waals surface area contributed by atoms with Crippen LogP contribution < -0.4 is 5.32 Å². The molecule has 2 aliphatic heterocycles. The van der Waals surface area contributed by atoms with Gasteiger partial charge in [-0.2, -0.15) is 0 Å². The van der Waals surface area contributed by atoms with E-state index in [9.17, 15) is 9.59 Å². The lowest BCUT2D eigenvalue weighted by molar-refractivity contribution is 0.0786. The average molecular weight is 411 g/mol. The number of carbonyl (C=O) groups excluding carboxylic acids is 2. The number of benzene rings is 1. The first-order chi connectivity index (χ1) is 14.6. The lowest BCUT2D eigenvalue weighted by atomic mass is 9.97. The number of carbonyl (C=O) groups is 2. The van der Waals surface area contributed by atoms with Crippen LogP contribution in [0.2, 0.25) is 0 Å². The number of para-hydroxylation sites is 1. The second-order valence-electron chi connectivity index (χ2n) is 8.16. The smallest absolute Gasteiger partial charge is 0.321 e. The molecule has 2 fully saturated rings. The Hall–Kier alpha value is -2.83. The number of aromatic nitrogens is 1. The van der Waals surface area contributed by atoms with Crippen molar-refractivity contribution in [2.75, 3.05) is 31.5 Å². The number of oxazole rings is 1. The summed E-state index contributed by atoms with van der Waals surface area (Å²) in [6.07, 6.45) is 4.54. The number of hydrogen-bond donors (Lipinski definition) is 1. The fraction of sp³-hybridized carbons (Fsp3) is 0.522. The maximum atomic E-state index is 12.7. The Morgan fingerprint density at radius 3 is 2.50 bits per heavy atom. The number of nitrogens with zero attached hydrogens (tertiary/aromatic N) is 3. The van der Waals surface area contributed by atoms with Gasteiger partial charge in [0.2, 0.25) is 0 Å². The van der Waals surface area contributed by atoms with Gasteiger partial charge in [-0.25, -0.2) is 9.78 Å². The number of anilines is 1. The molecule has 0 unspecified atom stereocenters. The molecule has 1 aromatic carbocycles. The van der Waals surface area contributed by atoms with Crippen LogP contribution >= 0.6 is 0 Å². The highest BCUT2D eigenvalue weighted by molar-refractivity contribution is 5.93. The molecule has 0 radical (unpaired) electrons. The number of rotatable bonds is 4. The number of hydrogen-bond acceptors (Lipinski definition) is 4. The molecule has 4 rings (SSSR count). The highest BCUT2D eigenvalue weighted by atomic mass is 16.4. The minimum absolute atomic E-state index is 0.0218. The van der Waals surface area contributed by atoms with Crippen LogP contribution in [0.5, 0.6) is 0 Å². The summed E-state index contributed by atoms with van der Waals surface area (Å²) in [5.41, 5.74) is 2.45. The Kier molecular flexibility index (Phi) is 6.06. The van der Waals surface area contributed by atoms with Crippen LogP contribution in [0.3, 0.4) is 0 Å². The number of urea groups is 1. The molecule has 0 aliphatic carbocycles. The van der Waals surface area contributed by atoms with Crippen molar-refractivity contribution in [3.63, 3.8) is 0 Å². The van der Waals surface area contributed by atoms with Crippen molar-refractivity contribution in [1.29, 1.82) is 0 Å². The second kappa shape index (κ2) is 8.90. The van der Waals surface area contributed by atoms with Gasteiger partial charge in [-0.3, -0.25) is 4.79 Å². The van der Waals surface area contributed by atoms with Gasteiger partial charge in [0.1, 0.15) is 5.76 Å². The molecule has 1 aromatic heterocycles. The van der Waals surface area contributed by atoms with Crippen LogP contribution in [-0.2, 0) is 6.42 Å². The van der Waals surface area contributed by atoms with E-state index >= 15 is 0 Å². The molecule has 0 bridgehead atoms. The third kappa shape index (κ3) is 4.20. The predicted octanol–water partition coefficient (Wildman–Crippen LogP) is 4.19. The summed E-state index contributed by atoms with van der Waals surface area (Å²) in [6.45, 7) is 6.78. The molecule has 30 heavy (non-hydrogen) atoms. The van der Waals surface area contributed by atoms with E-state index in [1.165, 1.54) is 0 Å². The first kappa shape index (κ1) is 20.4. The van der Waals surface area contributed by atoms with Gasteiger partial charge in [0, 0.05) is 37.8 Å². The van der Waals surface area contributed by atoms with Crippen LogP contribution in [0, 0.1) is 6.92 Å². The van der Waals surface area contributed by atoms with Gasteiger partial charge in [-0.1, -0.05) is 25.1 Å². The molecule has 7 nitrogen and oxygen atoms in total. The van der Waals surface area contributed by atoms with E-state index in [-0.39, 0.29) is 17.9 Å². The maximum absolute atomic E-state index is 12.7. The molecule has 0 spiro atoms. The molecule has 2 aromatic rings. The lowest BCUT2D eigenvalue weighted by Crippen LogP contribution is -2.40. The molecule has 3 amide bonds. The van der Waals surface area contributed by atoms with E-state index in [1.54, 1.807) is 0 Å². The maximum Gasteiger partial charge on any atom is 0.321 e. The summed E-state index contributed by atoms with van der Waals surface area (Å²) in [4.78, 5) is 33.6. The number of nitrogens with one attached hydrogen (secondary N) is 1. The van der Waals surface area contributed by atoms with Crippen molar-refractivity contribution in [3.8, 4) is 0 Å².